The molecule has 21 heavy (non-hydrogen) atoms. The molecule has 0 saturated heterocycles. The highest BCUT2D eigenvalue weighted by atomic mass is 35.5. The maximum Gasteiger partial charge on any atom is 0.251 e. The van der Waals surface area contributed by atoms with Gasteiger partial charge in [0.2, 0.25) is 0 Å². The van der Waals surface area contributed by atoms with Crippen molar-refractivity contribution in [3.63, 3.8) is 0 Å². The molecule has 0 bridgehead atoms. The minimum Gasteiger partial charge on any atom is -0.399 e. The van der Waals surface area contributed by atoms with Crippen LogP contribution in [0.2, 0.25) is 15.1 Å². The molecule has 110 valence electrons. The number of nitrogen functional groups attached to an aromatic ring is 1. The summed E-state index contributed by atoms with van der Waals surface area (Å²) in [5, 5.41) is 4.40. The molecule has 0 aromatic heterocycles. The lowest BCUT2D eigenvalue weighted by Gasteiger charge is -2.08. The summed E-state index contributed by atoms with van der Waals surface area (Å²) in [7, 11) is 0. The summed E-state index contributed by atoms with van der Waals surface area (Å²) < 4.78 is 0. The highest BCUT2D eigenvalue weighted by Crippen LogP contribution is 2.21. The van der Waals surface area contributed by atoms with E-state index in [2.05, 4.69) is 5.32 Å². The third-order valence-electron chi connectivity index (χ3n) is 2.88. The van der Waals surface area contributed by atoms with E-state index >= 15 is 0 Å². The van der Waals surface area contributed by atoms with Crippen molar-refractivity contribution in [1.82, 2.24) is 5.32 Å². The first-order valence-corrected chi connectivity index (χ1v) is 7.37. The van der Waals surface area contributed by atoms with Gasteiger partial charge < -0.3 is 11.1 Å². The molecule has 0 unspecified atom stereocenters. The Morgan fingerprint density at radius 2 is 1.81 bits per heavy atom. The quantitative estimate of drug-likeness (QED) is 0.817. The smallest absolute Gasteiger partial charge is 0.251 e. The number of halogens is 3. The van der Waals surface area contributed by atoms with Gasteiger partial charge in [0.25, 0.3) is 5.91 Å². The van der Waals surface area contributed by atoms with Crippen LogP contribution in [-0.2, 0) is 6.42 Å². The zero-order chi connectivity index (χ0) is 15.4. The van der Waals surface area contributed by atoms with Gasteiger partial charge in [-0.3, -0.25) is 4.79 Å². The summed E-state index contributed by atoms with van der Waals surface area (Å²) in [5.41, 5.74) is 7.46. The number of benzene rings is 2. The van der Waals surface area contributed by atoms with Crippen molar-refractivity contribution in [1.29, 1.82) is 0 Å². The van der Waals surface area contributed by atoms with Crippen molar-refractivity contribution in [2.75, 3.05) is 12.3 Å². The topological polar surface area (TPSA) is 55.1 Å². The van der Waals surface area contributed by atoms with Gasteiger partial charge in [0, 0.05) is 32.9 Å². The number of anilines is 1. The van der Waals surface area contributed by atoms with E-state index in [9.17, 15) is 4.79 Å². The fraction of sp³-hybridized carbons (Fsp3) is 0.133. The Labute approximate surface area is 138 Å². The van der Waals surface area contributed by atoms with E-state index in [1.165, 1.54) is 0 Å². The summed E-state index contributed by atoms with van der Waals surface area (Å²) in [6, 6.07) is 10.0. The van der Waals surface area contributed by atoms with Crippen molar-refractivity contribution >= 4 is 46.4 Å². The van der Waals surface area contributed by atoms with Crippen LogP contribution in [-0.4, -0.2) is 12.5 Å². The van der Waals surface area contributed by atoms with Crippen LogP contribution >= 0.6 is 34.8 Å². The van der Waals surface area contributed by atoms with E-state index in [1.807, 2.05) is 6.07 Å². The molecule has 0 aliphatic heterocycles. The Hall–Kier alpha value is -1.42. The minimum atomic E-state index is -0.228. The Kier molecular flexibility index (Phi) is 5.34. The third kappa shape index (κ3) is 4.53. The van der Waals surface area contributed by atoms with Gasteiger partial charge in [-0.15, -0.1) is 0 Å². The number of nitrogens with two attached hydrogens (primary N) is 1. The largest absolute Gasteiger partial charge is 0.399 e. The molecule has 0 aliphatic rings. The number of amides is 1. The third-order valence-corrected chi connectivity index (χ3v) is 3.68. The maximum absolute atomic E-state index is 12.0. The predicted molar refractivity (Wildman–Crippen MR) is 88.4 cm³/mol. The molecule has 2 rings (SSSR count). The number of rotatable bonds is 4. The van der Waals surface area contributed by atoms with Gasteiger partial charge in [-0.2, -0.15) is 0 Å². The second-order valence-corrected chi connectivity index (χ2v) is 5.79. The molecule has 0 fully saturated rings. The molecule has 1 amide bonds. The Morgan fingerprint density at radius 1 is 1.05 bits per heavy atom. The molecule has 0 saturated carbocycles. The second-order valence-electron chi connectivity index (χ2n) is 4.51. The molecule has 0 atom stereocenters. The van der Waals surface area contributed by atoms with Gasteiger partial charge in [-0.1, -0.05) is 40.9 Å². The van der Waals surface area contributed by atoms with Gasteiger partial charge in [0.1, 0.15) is 0 Å². The van der Waals surface area contributed by atoms with E-state index in [4.69, 9.17) is 40.5 Å². The van der Waals surface area contributed by atoms with Crippen LogP contribution in [0.5, 0.6) is 0 Å². The number of nitrogens with one attached hydrogen (secondary N) is 1. The van der Waals surface area contributed by atoms with E-state index in [1.54, 1.807) is 30.3 Å². The second kappa shape index (κ2) is 7.03. The van der Waals surface area contributed by atoms with Crippen LogP contribution in [0, 0.1) is 0 Å². The van der Waals surface area contributed by atoms with Crippen molar-refractivity contribution < 1.29 is 4.79 Å². The lowest BCUT2D eigenvalue weighted by molar-refractivity contribution is 0.0954. The van der Waals surface area contributed by atoms with Gasteiger partial charge in [0.15, 0.2) is 0 Å². The van der Waals surface area contributed by atoms with Crippen LogP contribution in [0.4, 0.5) is 5.69 Å². The molecule has 3 nitrogen and oxygen atoms in total. The zero-order valence-corrected chi connectivity index (χ0v) is 13.3. The van der Waals surface area contributed by atoms with Gasteiger partial charge >= 0.3 is 0 Å². The molecule has 0 heterocycles. The van der Waals surface area contributed by atoms with Gasteiger partial charge in [0.05, 0.1) is 0 Å². The van der Waals surface area contributed by atoms with Gasteiger partial charge in [-0.25, -0.2) is 0 Å². The van der Waals surface area contributed by atoms with Crippen LogP contribution in [0.3, 0.4) is 0 Å². The standard InChI is InChI=1S/C15H13Cl3N2O/c16-11-2-1-9(14(18)8-11)3-4-20-15(21)10-5-12(17)7-13(19)6-10/h1-2,5-8H,3-4,19H2,(H,20,21). The normalized spacial score (nSPS) is 10.4. The van der Waals surface area contributed by atoms with E-state index in [0.717, 1.165) is 5.56 Å². The van der Waals surface area contributed by atoms with Crippen LogP contribution < -0.4 is 11.1 Å². The van der Waals surface area contributed by atoms with Crippen molar-refractivity contribution in [2.45, 2.75) is 6.42 Å². The monoisotopic (exact) mass is 342 g/mol. The van der Waals surface area contributed by atoms with Crippen molar-refractivity contribution in [2.24, 2.45) is 0 Å². The summed E-state index contributed by atoms with van der Waals surface area (Å²) in [4.78, 5) is 12.0. The molecule has 0 aliphatic carbocycles. The SMILES string of the molecule is Nc1cc(Cl)cc(C(=O)NCCc2ccc(Cl)cc2Cl)c1. The van der Waals surface area contributed by atoms with E-state index in [0.29, 0.717) is 39.3 Å². The molecule has 6 heteroatoms. The molecule has 3 N–H and O–H groups in total. The molecule has 0 spiro atoms. The molecule has 2 aromatic rings. The predicted octanol–water partition coefficient (Wildman–Crippen LogP) is 4.20. The summed E-state index contributed by atoms with van der Waals surface area (Å²) in [6.07, 6.45) is 0.609. The number of hydrogen-bond donors (Lipinski definition) is 2. The van der Waals surface area contributed by atoms with Crippen LogP contribution in [0.15, 0.2) is 36.4 Å². The number of carbonyl (C=O) groups excluding carboxylic acids is 1. The van der Waals surface area contributed by atoms with E-state index < -0.39 is 0 Å². The molecule has 0 radical (unpaired) electrons. The Bertz CT molecular complexity index is 654. The van der Waals surface area contributed by atoms with Crippen molar-refractivity contribution in [3.8, 4) is 0 Å². The lowest BCUT2D eigenvalue weighted by atomic mass is 10.1. The number of carbonyl (C=O) groups is 1. The highest BCUT2D eigenvalue weighted by Gasteiger charge is 2.08. The van der Waals surface area contributed by atoms with Crippen molar-refractivity contribution in [3.05, 3.63) is 62.6 Å². The van der Waals surface area contributed by atoms with Crippen LogP contribution in [0.1, 0.15) is 15.9 Å². The Morgan fingerprint density at radius 3 is 2.48 bits per heavy atom. The average Bonchev–Trinajstić information content (AvgIpc) is 2.40. The van der Waals surface area contributed by atoms with E-state index in [-0.39, 0.29) is 5.91 Å². The molecule has 2 aromatic carbocycles. The molecular formula is C15H13Cl3N2O. The summed E-state index contributed by atoms with van der Waals surface area (Å²) in [5.74, 6) is -0.228. The van der Waals surface area contributed by atoms with Crippen LogP contribution in [0.25, 0.3) is 0 Å². The highest BCUT2D eigenvalue weighted by molar-refractivity contribution is 6.35. The van der Waals surface area contributed by atoms with Gasteiger partial charge in [-0.05, 0) is 42.3 Å². The lowest BCUT2D eigenvalue weighted by Crippen LogP contribution is -2.25. The first kappa shape index (κ1) is 16.0. The first-order chi connectivity index (χ1) is 9.95. The summed E-state index contributed by atoms with van der Waals surface area (Å²) >= 11 is 17.8. The first-order valence-electron chi connectivity index (χ1n) is 6.24. The fourth-order valence-electron chi connectivity index (χ4n) is 1.88. The minimum absolute atomic E-state index is 0.228. The fourth-order valence-corrected chi connectivity index (χ4v) is 2.63. The zero-order valence-electron chi connectivity index (χ0n) is 11.0. The molecular weight excluding hydrogens is 331 g/mol. The Balaban J connectivity index is 1.95. The average molecular weight is 344 g/mol. The summed E-state index contributed by atoms with van der Waals surface area (Å²) in [6.45, 7) is 0.451. The maximum atomic E-state index is 12.0. The number of hydrogen-bond acceptors (Lipinski definition) is 2.